The van der Waals surface area contributed by atoms with Crippen LogP contribution >= 0.6 is 0 Å². The van der Waals surface area contributed by atoms with Crippen LogP contribution in [0.4, 0.5) is 9.59 Å². The fraction of sp³-hybridized carbons (Fsp3) is 0.850. The molecule has 2 saturated heterocycles. The van der Waals surface area contributed by atoms with E-state index in [0.29, 0.717) is 18.4 Å². The molecule has 0 aromatic carbocycles. The average molecular weight is 396 g/mol. The largest absolute Gasteiger partial charge is 0.469 e. The maximum atomic E-state index is 12.7. The minimum absolute atomic E-state index is 0.125. The lowest BCUT2D eigenvalue weighted by Gasteiger charge is -2.39. The van der Waals surface area contributed by atoms with Gasteiger partial charge in [-0.15, -0.1) is 0 Å². The Bertz CT molecular complexity index is 616. The zero-order valence-corrected chi connectivity index (χ0v) is 17.5. The second kappa shape index (κ2) is 7.79. The van der Waals surface area contributed by atoms with Crippen molar-refractivity contribution in [2.45, 2.75) is 64.5 Å². The highest BCUT2D eigenvalue weighted by molar-refractivity contribution is 5.79. The molecule has 3 rings (SSSR count). The highest BCUT2D eigenvalue weighted by Gasteiger charge is 2.46. The Labute approximate surface area is 166 Å². The van der Waals surface area contributed by atoms with Crippen LogP contribution in [0.15, 0.2) is 0 Å². The molecule has 1 N–H and O–H groups in total. The predicted molar refractivity (Wildman–Crippen MR) is 103 cm³/mol. The number of ether oxygens (including phenoxy) is 2. The van der Waals surface area contributed by atoms with Gasteiger partial charge in [-0.1, -0.05) is 0 Å². The van der Waals surface area contributed by atoms with Crippen LogP contribution in [0, 0.1) is 11.3 Å². The van der Waals surface area contributed by atoms with E-state index in [4.69, 9.17) is 9.47 Å². The number of nitrogens with zero attached hydrogens (tertiary/aromatic N) is 2. The van der Waals surface area contributed by atoms with Gasteiger partial charge in [0, 0.05) is 32.2 Å². The molecule has 0 bridgehead atoms. The number of urea groups is 1. The molecule has 0 unspecified atom stereocenters. The van der Waals surface area contributed by atoms with Gasteiger partial charge in [0.1, 0.15) is 5.60 Å². The molecule has 158 valence electrons. The molecular weight excluding hydrogens is 362 g/mol. The van der Waals surface area contributed by atoms with E-state index >= 15 is 0 Å². The van der Waals surface area contributed by atoms with Crippen molar-refractivity contribution in [2.75, 3.05) is 33.3 Å². The van der Waals surface area contributed by atoms with Gasteiger partial charge in [-0.3, -0.25) is 4.79 Å². The Morgan fingerprint density at radius 1 is 1.00 bits per heavy atom. The van der Waals surface area contributed by atoms with Crippen molar-refractivity contribution in [1.29, 1.82) is 0 Å². The molecule has 1 saturated carbocycles. The van der Waals surface area contributed by atoms with Crippen molar-refractivity contribution in [3.05, 3.63) is 0 Å². The molecule has 1 spiro atoms. The molecular formula is C20H33N3O5. The maximum absolute atomic E-state index is 12.7. The lowest BCUT2D eigenvalue weighted by molar-refractivity contribution is -0.148. The fourth-order valence-corrected chi connectivity index (χ4v) is 4.12. The smallest absolute Gasteiger partial charge is 0.410 e. The molecule has 2 heterocycles. The van der Waals surface area contributed by atoms with E-state index in [-0.39, 0.29) is 18.6 Å². The van der Waals surface area contributed by atoms with Crippen LogP contribution in [0.5, 0.6) is 0 Å². The molecule has 3 amide bonds. The van der Waals surface area contributed by atoms with Gasteiger partial charge >= 0.3 is 18.1 Å². The van der Waals surface area contributed by atoms with E-state index in [1.165, 1.54) is 24.9 Å². The topological polar surface area (TPSA) is 88.2 Å². The van der Waals surface area contributed by atoms with Gasteiger partial charge < -0.3 is 24.6 Å². The van der Waals surface area contributed by atoms with Crippen molar-refractivity contribution in [3.8, 4) is 0 Å². The van der Waals surface area contributed by atoms with Gasteiger partial charge in [0.25, 0.3) is 0 Å². The number of piperidine rings is 2. The summed E-state index contributed by atoms with van der Waals surface area (Å²) in [5, 5.41) is 3.02. The number of carbonyl (C=O) groups is 3. The first-order valence-corrected chi connectivity index (χ1v) is 10.2. The summed E-state index contributed by atoms with van der Waals surface area (Å²) in [5.74, 6) is -1.02. The van der Waals surface area contributed by atoms with Crippen molar-refractivity contribution < 1.29 is 23.9 Å². The number of nitrogens with one attached hydrogen (secondary N) is 1. The normalized spacial score (nSPS) is 26.6. The molecule has 3 aliphatic rings. The van der Waals surface area contributed by atoms with Crippen LogP contribution in [0.1, 0.15) is 52.9 Å². The van der Waals surface area contributed by atoms with Crippen LogP contribution in [0.3, 0.4) is 0 Å². The lowest BCUT2D eigenvalue weighted by atomic mass is 9.92. The Morgan fingerprint density at radius 2 is 1.64 bits per heavy atom. The molecule has 0 aromatic heterocycles. The Kier molecular flexibility index (Phi) is 5.77. The minimum atomic E-state index is -0.602. The summed E-state index contributed by atoms with van der Waals surface area (Å²) in [4.78, 5) is 40.8. The summed E-state index contributed by atoms with van der Waals surface area (Å²) in [5.41, 5.74) is -0.0970. The van der Waals surface area contributed by atoms with Gasteiger partial charge in [-0.05, 0) is 58.3 Å². The highest BCUT2D eigenvalue weighted by Crippen LogP contribution is 2.53. The first kappa shape index (κ1) is 20.7. The molecule has 3 fully saturated rings. The monoisotopic (exact) mass is 395 g/mol. The molecule has 1 aliphatic carbocycles. The number of carbonyl (C=O) groups excluding carboxylic acids is 3. The van der Waals surface area contributed by atoms with Crippen LogP contribution < -0.4 is 5.32 Å². The first-order valence-electron chi connectivity index (χ1n) is 10.2. The molecule has 0 aromatic rings. The van der Waals surface area contributed by atoms with Crippen LogP contribution in [0.2, 0.25) is 0 Å². The number of esters is 1. The predicted octanol–water partition coefficient (Wildman–Crippen LogP) is 2.37. The van der Waals surface area contributed by atoms with Crippen LogP contribution in [-0.4, -0.2) is 72.8 Å². The number of hydrogen-bond donors (Lipinski definition) is 1. The Balaban J connectivity index is 1.58. The molecule has 28 heavy (non-hydrogen) atoms. The lowest BCUT2D eigenvalue weighted by Crippen LogP contribution is -2.58. The van der Waals surface area contributed by atoms with Crippen molar-refractivity contribution in [2.24, 2.45) is 11.3 Å². The number of hydrogen-bond acceptors (Lipinski definition) is 5. The van der Waals surface area contributed by atoms with Crippen molar-refractivity contribution in [3.63, 3.8) is 0 Å². The number of rotatable bonds is 2. The number of likely N-dealkylation sites (tertiary alicyclic amines) is 2. The van der Waals surface area contributed by atoms with Gasteiger partial charge in [-0.2, -0.15) is 0 Å². The van der Waals surface area contributed by atoms with E-state index in [1.807, 2.05) is 4.90 Å². The average Bonchev–Trinajstić information content (AvgIpc) is 3.39. The third-order valence-electron chi connectivity index (χ3n) is 6.15. The summed E-state index contributed by atoms with van der Waals surface area (Å²) in [6, 6.07) is -0.476. The maximum Gasteiger partial charge on any atom is 0.410 e. The molecule has 2 atom stereocenters. The van der Waals surface area contributed by atoms with Crippen LogP contribution in [-0.2, 0) is 14.3 Å². The van der Waals surface area contributed by atoms with E-state index in [0.717, 1.165) is 25.9 Å². The minimum Gasteiger partial charge on any atom is -0.469 e. The van der Waals surface area contributed by atoms with Gasteiger partial charge in [0.15, 0.2) is 0 Å². The summed E-state index contributed by atoms with van der Waals surface area (Å²) in [6.45, 7) is 7.56. The van der Waals surface area contributed by atoms with E-state index in [1.54, 1.807) is 20.8 Å². The fourth-order valence-electron chi connectivity index (χ4n) is 4.12. The Morgan fingerprint density at radius 3 is 2.18 bits per heavy atom. The molecule has 0 radical (unpaired) electrons. The molecule has 2 aliphatic heterocycles. The molecule has 8 nitrogen and oxygen atoms in total. The third kappa shape index (κ3) is 4.89. The van der Waals surface area contributed by atoms with E-state index in [2.05, 4.69) is 5.32 Å². The standard InChI is InChI=1S/C20H33N3O5/c1-19(2,3)28-18(26)23-10-5-15(14(13-23)16(24)27-4)21-17(25)22-11-8-20(6-7-20)9-12-22/h14-15H,5-13H2,1-4H3,(H,21,25)/t14-,15+/m0/s1. The summed E-state index contributed by atoms with van der Waals surface area (Å²) in [6.07, 6.45) is 4.75. The molecule has 8 heteroatoms. The van der Waals surface area contributed by atoms with Crippen molar-refractivity contribution in [1.82, 2.24) is 15.1 Å². The summed E-state index contributed by atoms with van der Waals surface area (Å²) >= 11 is 0. The number of methoxy groups -OCH3 is 1. The second-order valence-corrected chi connectivity index (χ2v) is 9.39. The Hall–Kier alpha value is -1.99. The van der Waals surface area contributed by atoms with Gasteiger partial charge in [0.05, 0.1) is 13.0 Å². The zero-order chi connectivity index (χ0) is 20.5. The van der Waals surface area contributed by atoms with Crippen LogP contribution in [0.25, 0.3) is 0 Å². The third-order valence-corrected chi connectivity index (χ3v) is 6.15. The zero-order valence-electron chi connectivity index (χ0n) is 17.5. The summed E-state index contributed by atoms with van der Waals surface area (Å²) < 4.78 is 10.3. The quantitative estimate of drug-likeness (QED) is 0.725. The second-order valence-electron chi connectivity index (χ2n) is 9.39. The van der Waals surface area contributed by atoms with Gasteiger partial charge in [-0.25, -0.2) is 9.59 Å². The first-order chi connectivity index (χ1) is 13.1. The highest BCUT2D eigenvalue weighted by atomic mass is 16.6. The SMILES string of the molecule is COC(=O)[C@H]1CN(C(=O)OC(C)(C)C)CC[C@H]1NC(=O)N1CCC2(CC1)CC2. The number of amides is 3. The van der Waals surface area contributed by atoms with Crippen molar-refractivity contribution >= 4 is 18.1 Å². The summed E-state index contributed by atoms with van der Waals surface area (Å²) in [7, 11) is 1.33. The van der Waals surface area contributed by atoms with Gasteiger partial charge in [0.2, 0.25) is 0 Å². The van der Waals surface area contributed by atoms with E-state index < -0.39 is 23.6 Å². The van der Waals surface area contributed by atoms with E-state index in [9.17, 15) is 14.4 Å².